The fourth-order valence-corrected chi connectivity index (χ4v) is 3.98. The van der Waals surface area contributed by atoms with Crippen molar-refractivity contribution >= 4 is 40.3 Å². The molecule has 1 aliphatic rings. The number of hydrogen-bond donors (Lipinski definition) is 2. The molecule has 1 saturated heterocycles. The summed E-state index contributed by atoms with van der Waals surface area (Å²) < 4.78 is 9.88. The van der Waals surface area contributed by atoms with Crippen molar-refractivity contribution in [3.05, 3.63) is 71.1 Å². The number of aromatic nitrogens is 1. The van der Waals surface area contributed by atoms with Gasteiger partial charge in [-0.05, 0) is 17.7 Å². The van der Waals surface area contributed by atoms with Crippen LogP contribution in [0.4, 0.5) is 9.93 Å². The molecular formula is C21H18N4O6S. The lowest BCUT2D eigenvalue weighted by Gasteiger charge is -2.24. The lowest BCUT2D eigenvalue weighted by molar-refractivity contribution is -0.134. The Balaban J connectivity index is 1.60. The van der Waals surface area contributed by atoms with Crippen molar-refractivity contribution in [1.82, 2.24) is 15.2 Å². The highest BCUT2D eigenvalue weighted by atomic mass is 32.1. The van der Waals surface area contributed by atoms with Crippen LogP contribution in [-0.2, 0) is 20.7 Å². The third-order valence-electron chi connectivity index (χ3n) is 4.81. The van der Waals surface area contributed by atoms with E-state index >= 15 is 0 Å². The van der Waals surface area contributed by atoms with Crippen LogP contribution < -0.4 is 10.6 Å². The van der Waals surface area contributed by atoms with E-state index in [4.69, 9.17) is 4.42 Å². The van der Waals surface area contributed by atoms with Crippen molar-refractivity contribution in [3.8, 4) is 0 Å². The van der Waals surface area contributed by atoms with Gasteiger partial charge in [0.2, 0.25) is 5.91 Å². The first-order valence-electron chi connectivity index (χ1n) is 9.53. The Hall–Kier alpha value is -3.99. The number of carbonyl (C=O) groups is 4. The van der Waals surface area contributed by atoms with Gasteiger partial charge in [-0.2, -0.15) is 0 Å². The summed E-state index contributed by atoms with van der Waals surface area (Å²) in [6, 6.07) is 9.30. The van der Waals surface area contributed by atoms with Gasteiger partial charge >= 0.3 is 12.0 Å². The first kappa shape index (κ1) is 21.2. The van der Waals surface area contributed by atoms with Crippen LogP contribution in [0.15, 0.2) is 58.5 Å². The fourth-order valence-electron chi connectivity index (χ4n) is 3.29. The number of amides is 4. The molecule has 0 spiro atoms. The third-order valence-corrected chi connectivity index (χ3v) is 5.57. The molecule has 164 valence electrons. The Morgan fingerprint density at radius 3 is 2.72 bits per heavy atom. The minimum atomic E-state index is -1.16. The highest BCUT2D eigenvalue weighted by molar-refractivity contribution is 7.14. The van der Waals surface area contributed by atoms with Crippen molar-refractivity contribution in [3.63, 3.8) is 0 Å². The summed E-state index contributed by atoms with van der Waals surface area (Å²) in [5.74, 6) is -1.59. The van der Waals surface area contributed by atoms with Crippen molar-refractivity contribution < 1.29 is 28.3 Å². The van der Waals surface area contributed by atoms with Gasteiger partial charge in [0.1, 0.15) is 11.8 Å². The number of urea groups is 1. The predicted octanol–water partition coefficient (Wildman–Crippen LogP) is 2.37. The van der Waals surface area contributed by atoms with Gasteiger partial charge < -0.3 is 19.8 Å². The van der Waals surface area contributed by atoms with Crippen LogP contribution in [0.3, 0.4) is 0 Å². The molecule has 2 aromatic heterocycles. The standard InChI is InChI=1S/C21H18N4O6S/c1-30-19(28)13-11-32-20(22-13)24-17(26)14(10-12-6-3-2-4-7-12)25-18(27)16(23-21(25)29)15-8-5-9-31-15/h2-9,11,14,16H,10H2,1H3,(H,23,29)(H,22,24,26)/t14-,16?/m0/s1. The number of methoxy groups -OCH3 is 1. The van der Waals surface area contributed by atoms with Crippen LogP contribution in [0.25, 0.3) is 0 Å². The number of anilines is 1. The number of imide groups is 1. The minimum absolute atomic E-state index is 0.0419. The van der Waals surface area contributed by atoms with Crippen molar-refractivity contribution in [2.24, 2.45) is 0 Å². The third kappa shape index (κ3) is 4.23. The van der Waals surface area contributed by atoms with E-state index in [0.29, 0.717) is 0 Å². The summed E-state index contributed by atoms with van der Waals surface area (Å²) in [6.45, 7) is 0. The number of nitrogens with one attached hydrogen (secondary N) is 2. The maximum atomic E-state index is 13.2. The van der Waals surface area contributed by atoms with Crippen LogP contribution in [0, 0.1) is 0 Å². The Morgan fingerprint density at radius 2 is 2.03 bits per heavy atom. The Bertz CT molecular complexity index is 1140. The molecule has 11 heteroatoms. The van der Waals surface area contributed by atoms with Crippen LogP contribution in [0.2, 0.25) is 0 Å². The lowest BCUT2D eigenvalue weighted by atomic mass is 10.0. The number of ether oxygens (including phenoxy) is 1. The van der Waals surface area contributed by atoms with Gasteiger partial charge in [0.25, 0.3) is 5.91 Å². The van der Waals surface area contributed by atoms with Crippen molar-refractivity contribution in [1.29, 1.82) is 0 Å². The second-order valence-corrected chi connectivity index (χ2v) is 7.69. The smallest absolute Gasteiger partial charge is 0.357 e. The maximum absolute atomic E-state index is 13.2. The highest BCUT2D eigenvalue weighted by Gasteiger charge is 2.46. The SMILES string of the molecule is COC(=O)c1csc(NC(=O)[C@H](Cc2ccccc2)N2C(=O)NC(c3ccco3)C2=O)n1. The minimum Gasteiger partial charge on any atom is -0.467 e. The molecule has 1 unspecified atom stereocenters. The molecule has 0 bridgehead atoms. The molecule has 1 aliphatic heterocycles. The number of nitrogens with zero attached hydrogens (tertiary/aromatic N) is 2. The molecule has 0 aliphatic carbocycles. The Kier molecular flexibility index (Phi) is 5.99. The van der Waals surface area contributed by atoms with Gasteiger partial charge in [-0.25, -0.2) is 19.5 Å². The van der Waals surface area contributed by atoms with Gasteiger partial charge in [-0.15, -0.1) is 11.3 Å². The quantitative estimate of drug-likeness (QED) is 0.414. The van der Waals surface area contributed by atoms with Gasteiger partial charge in [0.05, 0.1) is 13.4 Å². The van der Waals surface area contributed by atoms with E-state index < -0.39 is 35.9 Å². The van der Waals surface area contributed by atoms with Gasteiger partial charge in [0.15, 0.2) is 16.9 Å². The molecule has 4 rings (SSSR count). The van der Waals surface area contributed by atoms with E-state index in [1.165, 1.54) is 18.8 Å². The highest BCUT2D eigenvalue weighted by Crippen LogP contribution is 2.26. The van der Waals surface area contributed by atoms with Crippen molar-refractivity contribution in [2.75, 3.05) is 12.4 Å². The van der Waals surface area contributed by atoms with Gasteiger partial charge in [0, 0.05) is 11.8 Å². The normalized spacial score (nSPS) is 16.5. The molecule has 2 N–H and O–H groups in total. The number of rotatable bonds is 7. The molecule has 10 nitrogen and oxygen atoms in total. The molecule has 1 fully saturated rings. The van der Waals surface area contributed by atoms with E-state index in [1.54, 1.807) is 36.4 Å². The lowest BCUT2D eigenvalue weighted by Crippen LogP contribution is -2.49. The van der Waals surface area contributed by atoms with Gasteiger partial charge in [-0.3, -0.25) is 9.59 Å². The van der Waals surface area contributed by atoms with E-state index in [-0.39, 0.29) is 23.0 Å². The van der Waals surface area contributed by atoms with Crippen molar-refractivity contribution in [2.45, 2.75) is 18.5 Å². The summed E-state index contributed by atoms with van der Waals surface area (Å²) in [6.07, 6.45) is 1.49. The van der Waals surface area contributed by atoms with E-state index in [9.17, 15) is 19.2 Å². The van der Waals surface area contributed by atoms with Crippen LogP contribution in [-0.4, -0.2) is 46.9 Å². The molecule has 3 heterocycles. The Labute approximate surface area is 186 Å². The van der Waals surface area contributed by atoms with Crippen LogP contribution in [0.1, 0.15) is 27.9 Å². The number of thiazole rings is 1. The van der Waals surface area contributed by atoms with Crippen LogP contribution >= 0.6 is 11.3 Å². The molecule has 1 aromatic carbocycles. The summed E-state index contributed by atoms with van der Waals surface area (Å²) in [7, 11) is 1.23. The second kappa shape index (κ2) is 9.02. The molecule has 3 aromatic rings. The molecule has 0 radical (unpaired) electrons. The predicted molar refractivity (Wildman–Crippen MR) is 113 cm³/mol. The second-order valence-electron chi connectivity index (χ2n) is 6.83. The zero-order chi connectivity index (χ0) is 22.7. The first-order chi connectivity index (χ1) is 15.5. The van der Waals surface area contributed by atoms with Crippen LogP contribution in [0.5, 0.6) is 0 Å². The topological polar surface area (TPSA) is 131 Å². The zero-order valence-electron chi connectivity index (χ0n) is 16.8. The van der Waals surface area contributed by atoms with E-state index in [2.05, 4.69) is 20.4 Å². The monoisotopic (exact) mass is 454 g/mol. The number of furan rings is 1. The number of carbonyl (C=O) groups excluding carboxylic acids is 4. The molecule has 4 amide bonds. The average Bonchev–Trinajstić information content (AvgIpc) is 3.54. The number of benzene rings is 1. The van der Waals surface area contributed by atoms with Gasteiger partial charge in [-0.1, -0.05) is 30.3 Å². The molecular weight excluding hydrogens is 436 g/mol. The molecule has 0 saturated carbocycles. The fraction of sp³-hybridized carbons (Fsp3) is 0.190. The summed E-state index contributed by atoms with van der Waals surface area (Å²) in [4.78, 5) is 55.5. The number of hydrogen-bond acceptors (Lipinski definition) is 8. The largest absolute Gasteiger partial charge is 0.467 e. The van der Waals surface area contributed by atoms with E-state index in [1.807, 2.05) is 6.07 Å². The molecule has 32 heavy (non-hydrogen) atoms. The number of esters is 1. The Morgan fingerprint density at radius 1 is 1.25 bits per heavy atom. The average molecular weight is 454 g/mol. The van der Waals surface area contributed by atoms with E-state index in [0.717, 1.165) is 21.8 Å². The summed E-state index contributed by atoms with van der Waals surface area (Å²) in [5.41, 5.74) is 0.796. The zero-order valence-corrected chi connectivity index (χ0v) is 17.6. The first-order valence-corrected chi connectivity index (χ1v) is 10.4. The molecule has 2 atom stereocenters. The summed E-state index contributed by atoms with van der Waals surface area (Å²) >= 11 is 1.03. The summed E-state index contributed by atoms with van der Waals surface area (Å²) in [5, 5.41) is 6.73. The maximum Gasteiger partial charge on any atom is 0.357 e.